The minimum atomic E-state index is 0.191. The fraction of sp³-hybridized carbons (Fsp3) is 0.385. The van der Waals surface area contributed by atoms with Crippen molar-refractivity contribution in [3.63, 3.8) is 0 Å². The van der Waals surface area contributed by atoms with Crippen molar-refractivity contribution in [1.29, 1.82) is 0 Å². The first kappa shape index (κ1) is 32.1. The lowest BCUT2D eigenvalue weighted by atomic mass is 9.64. The van der Waals surface area contributed by atoms with Crippen molar-refractivity contribution in [2.24, 2.45) is 17.1 Å². The summed E-state index contributed by atoms with van der Waals surface area (Å²) in [5.41, 5.74) is 13.2. The van der Waals surface area contributed by atoms with E-state index in [1.54, 1.807) is 19.4 Å². The van der Waals surface area contributed by atoms with Gasteiger partial charge in [-0.15, -0.1) is 0 Å². The Labute approximate surface area is 268 Å². The number of fused-ring (bicyclic) bond motifs is 2. The van der Waals surface area contributed by atoms with Crippen LogP contribution < -0.4 is 25.3 Å². The van der Waals surface area contributed by atoms with Gasteiger partial charge in [0, 0.05) is 24.2 Å². The third-order valence-corrected chi connectivity index (χ3v) is 9.07. The topological polar surface area (TPSA) is 86.0 Å². The van der Waals surface area contributed by atoms with Gasteiger partial charge in [0.05, 0.1) is 12.8 Å². The van der Waals surface area contributed by atoms with E-state index < -0.39 is 0 Å². The van der Waals surface area contributed by atoms with Gasteiger partial charge in [0.2, 0.25) is 0 Å². The molecule has 2 atom stereocenters. The van der Waals surface area contributed by atoms with Gasteiger partial charge in [0.1, 0.15) is 24.2 Å². The Morgan fingerprint density at radius 2 is 1.80 bits per heavy atom. The summed E-state index contributed by atoms with van der Waals surface area (Å²) < 4.78 is 18.6. The van der Waals surface area contributed by atoms with E-state index in [-0.39, 0.29) is 23.9 Å². The second kappa shape index (κ2) is 14.2. The predicted octanol–water partition coefficient (Wildman–Crippen LogP) is 8.18. The number of benzene rings is 3. The van der Waals surface area contributed by atoms with E-state index in [4.69, 9.17) is 19.9 Å². The van der Waals surface area contributed by atoms with Crippen molar-refractivity contribution in [2.45, 2.75) is 72.4 Å². The number of rotatable bonds is 11. The van der Waals surface area contributed by atoms with Crippen LogP contribution in [0, 0.1) is 11.3 Å². The summed E-state index contributed by atoms with van der Waals surface area (Å²) in [4.78, 5) is 0. The quantitative estimate of drug-likeness (QED) is 0.150. The average Bonchev–Trinajstić information content (AvgIpc) is 3.01. The molecular formula is C39H48N2O4. The Morgan fingerprint density at radius 1 is 1.07 bits per heavy atom. The summed E-state index contributed by atoms with van der Waals surface area (Å²) in [6.45, 7) is 9.69. The van der Waals surface area contributed by atoms with Crippen molar-refractivity contribution in [2.75, 3.05) is 13.7 Å². The average molecular weight is 609 g/mol. The van der Waals surface area contributed by atoms with Crippen LogP contribution in [0.1, 0.15) is 74.8 Å². The highest BCUT2D eigenvalue weighted by molar-refractivity contribution is 5.74. The lowest BCUT2D eigenvalue weighted by molar-refractivity contribution is -0.00708. The number of ether oxygens (including phenoxy) is 3. The second-order valence-corrected chi connectivity index (χ2v) is 13.3. The highest BCUT2D eigenvalue weighted by Crippen LogP contribution is 2.50. The summed E-state index contributed by atoms with van der Waals surface area (Å²) in [7, 11) is 1.70. The molecule has 0 radical (unpaired) electrons. The Kier molecular flexibility index (Phi) is 10.1. The number of phenols is 1. The molecule has 45 heavy (non-hydrogen) atoms. The van der Waals surface area contributed by atoms with Crippen LogP contribution in [0.25, 0.3) is 12.2 Å². The molecule has 5 rings (SSSR count). The molecule has 0 saturated heterocycles. The van der Waals surface area contributed by atoms with E-state index in [9.17, 15) is 5.11 Å². The van der Waals surface area contributed by atoms with E-state index in [0.717, 1.165) is 41.0 Å². The minimum absolute atomic E-state index is 0.191. The number of aromatic hydroxyl groups is 1. The summed E-state index contributed by atoms with van der Waals surface area (Å²) in [6.07, 6.45) is 13.2. The fourth-order valence-corrected chi connectivity index (χ4v) is 6.48. The smallest absolute Gasteiger partial charge is 0.164 e. The first-order valence-corrected chi connectivity index (χ1v) is 16.0. The van der Waals surface area contributed by atoms with Gasteiger partial charge in [-0.3, -0.25) is 0 Å². The first-order valence-electron chi connectivity index (χ1n) is 16.0. The number of phenolic OH excluding ortho intramolecular Hbond substituents is 1. The van der Waals surface area contributed by atoms with Gasteiger partial charge < -0.3 is 30.4 Å². The van der Waals surface area contributed by atoms with Crippen LogP contribution in [0.3, 0.4) is 0 Å². The van der Waals surface area contributed by atoms with Crippen molar-refractivity contribution >= 4 is 12.2 Å². The fourth-order valence-electron chi connectivity index (χ4n) is 6.48. The summed E-state index contributed by atoms with van der Waals surface area (Å²) in [5.74, 6) is 2.93. The van der Waals surface area contributed by atoms with Gasteiger partial charge in [0.25, 0.3) is 0 Å². The van der Waals surface area contributed by atoms with Crippen LogP contribution in [0.15, 0.2) is 78.1 Å². The maximum Gasteiger partial charge on any atom is 0.164 e. The van der Waals surface area contributed by atoms with Gasteiger partial charge in [-0.1, -0.05) is 68.0 Å². The molecule has 1 heterocycles. The number of nitrogens with two attached hydrogens (primary N) is 1. The standard InChI is InChI=1S/C39H48N2O4/c1-26(2)13-16-32-34(42)19-29(20-36(32)44-25-31(40)24-41-23-27-10-7-6-8-11-27)15-14-28-18-30-22-33-35(12-9-17-39(33,3)4)45-38(30)37(21-28)43-5/h6-8,10-11,13-15,18-21,24,33,35,41-42H,9,12,16-17,22-23,25,40H2,1-5H3/b15-14+,31-24-. The van der Waals surface area contributed by atoms with E-state index in [1.165, 1.54) is 29.5 Å². The number of allylic oxidation sites excluding steroid dienone is 2. The highest BCUT2D eigenvalue weighted by atomic mass is 16.5. The van der Waals surface area contributed by atoms with E-state index in [1.807, 2.05) is 50.3 Å². The molecule has 1 fully saturated rings. The first-order chi connectivity index (χ1) is 21.6. The molecule has 238 valence electrons. The molecule has 1 aliphatic heterocycles. The van der Waals surface area contributed by atoms with E-state index in [0.29, 0.717) is 30.3 Å². The SMILES string of the molecule is COc1cc(/C=C/c2cc(O)c(CC=C(C)C)c(OC/C(N)=C/NCc3ccccc3)c2)cc2c1OC1CCCC(C)(C)C1C2. The molecule has 0 spiro atoms. The lowest BCUT2D eigenvalue weighted by Gasteiger charge is -2.47. The maximum absolute atomic E-state index is 11.1. The summed E-state index contributed by atoms with van der Waals surface area (Å²) >= 11 is 0. The van der Waals surface area contributed by atoms with Crippen molar-refractivity contribution in [1.82, 2.24) is 5.32 Å². The van der Waals surface area contributed by atoms with Crippen molar-refractivity contribution < 1.29 is 19.3 Å². The maximum atomic E-state index is 11.1. The van der Waals surface area contributed by atoms with Gasteiger partial charge >= 0.3 is 0 Å². The third kappa shape index (κ3) is 8.05. The highest BCUT2D eigenvalue weighted by Gasteiger charge is 2.43. The molecule has 2 aliphatic rings. The molecule has 0 amide bonds. The predicted molar refractivity (Wildman–Crippen MR) is 183 cm³/mol. The van der Waals surface area contributed by atoms with Gasteiger partial charge in [-0.05, 0) is 97.9 Å². The summed E-state index contributed by atoms with van der Waals surface area (Å²) in [6, 6.07) is 18.1. The molecule has 2 unspecified atom stereocenters. The molecule has 0 bridgehead atoms. The molecule has 4 N–H and O–H groups in total. The minimum Gasteiger partial charge on any atom is -0.507 e. The van der Waals surface area contributed by atoms with Crippen LogP contribution >= 0.6 is 0 Å². The molecular weight excluding hydrogens is 560 g/mol. The molecule has 6 heteroatoms. The zero-order chi connectivity index (χ0) is 32.0. The monoisotopic (exact) mass is 608 g/mol. The van der Waals surface area contributed by atoms with Crippen molar-refractivity contribution in [3.8, 4) is 23.0 Å². The third-order valence-electron chi connectivity index (χ3n) is 9.07. The van der Waals surface area contributed by atoms with Gasteiger partial charge in [-0.2, -0.15) is 0 Å². The second-order valence-electron chi connectivity index (χ2n) is 13.3. The molecule has 3 aromatic rings. The molecule has 3 aromatic carbocycles. The zero-order valence-electron chi connectivity index (χ0n) is 27.4. The van der Waals surface area contributed by atoms with E-state index in [2.05, 4.69) is 49.5 Å². The normalized spacial score (nSPS) is 18.8. The van der Waals surface area contributed by atoms with Crippen LogP contribution in [-0.2, 0) is 19.4 Å². The Morgan fingerprint density at radius 3 is 2.53 bits per heavy atom. The molecule has 1 aliphatic carbocycles. The molecule has 0 aromatic heterocycles. The van der Waals surface area contributed by atoms with Crippen LogP contribution in [0.5, 0.6) is 23.0 Å². The number of methoxy groups -OCH3 is 1. The number of hydrogen-bond acceptors (Lipinski definition) is 6. The van der Waals surface area contributed by atoms with Crippen molar-refractivity contribution in [3.05, 3.63) is 106 Å². The molecule has 1 saturated carbocycles. The van der Waals surface area contributed by atoms with Gasteiger partial charge in [0.15, 0.2) is 11.5 Å². The van der Waals surface area contributed by atoms with Crippen LogP contribution in [0.2, 0.25) is 0 Å². The van der Waals surface area contributed by atoms with Gasteiger partial charge in [-0.25, -0.2) is 0 Å². The Hall–Kier alpha value is -4.32. The molecule has 6 nitrogen and oxygen atoms in total. The number of nitrogens with one attached hydrogen (secondary N) is 1. The lowest BCUT2D eigenvalue weighted by Crippen LogP contribution is -2.45. The zero-order valence-corrected chi connectivity index (χ0v) is 27.4. The number of hydrogen-bond donors (Lipinski definition) is 3. The largest absolute Gasteiger partial charge is 0.507 e. The summed E-state index contributed by atoms with van der Waals surface area (Å²) in [5, 5.41) is 14.3. The Balaban J connectivity index is 1.36. The van der Waals surface area contributed by atoms with E-state index >= 15 is 0 Å². The van der Waals surface area contributed by atoms with Crippen LogP contribution in [0.4, 0.5) is 0 Å². The Bertz CT molecular complexity index is 1570. The van der Waals surface area contributed by atoms with Crippen LogP contribution in [-0.4, -0.2) is 24.9 Å².